The molecule has 0 radical (unpaired) electrons. The molecule has 0 aliphatic heterocycles. The second kappa shape index (κ2) is 7.35. The zero-order valence-corrected chi connectivity index (χ0v) is 16.6. The molecule has 0 aliphatic rings. The van der Waals surface area contributed by atoms with Gasteiger partial charge in [-0.15, -0.1) is 0 Å². The van der Waals surface area contributed by atoms with E-state index in [0.717, 1.165) is 5.56 Å². The lowest BCUT2D eigenvalue weighted by atomic mass is 9.86. The molecule has 0 aliphatic carbocycles. The number of hydrogen-bond acceptors (Lipinski definition) is 4. The van der Waals surface area contributed by atoms with Crippen LogP contribution in [0.5, 0.6) is 0 Å². The number of aromatic nitrogens is 2. The Labute approximate surface area is 158 Å². The third kappa shape index (κ3) is 3.97. The van der Waals surface area contributed by atoms with Crippen molar-refractivity contribution in [2.75, 3.05) is 0 Å². The average Bonchev–Trinajstić information content (AvgIpc) is 2.79. The smallest absolute Gasteiger partial charge is 0.308 e. The van der Waals surface area contributed by atoms with Crippen molar-refractivity contribution in [1.82, 2.24) is 9.78 Å². The van der Waals surface area contributed by atoms with Crippen LogP contribution in [0.1, 0.15) is 50.1 Å². The molecule has 0 fully saturated rings. The van der Waals surface area contributed by atoms with Gasteiger partial charge in [0, 0.05) is 14.0 Å². The molecule has 2 rings (SSSR count). The van der Waals surface area contributed by atoms with Gasteiger partial charge in [-0.1, -0.05) is 56.6 Å². The number of nitrogens with zero attached hydrogens (tertiary/aromatic N) is 3. The Morgan fingerprint density at radius 1 is 1.27 bits per heavy atom. The van der Waals surface area contributed by atoms with Gasteiger partial charge in [0.2, 0.25) is 0 Å². The van der Waals surface area contributed by atoms with E-state index in [2.05, 4.69) is 31.9 Å². The van der Waals surface area contributed by atoms with Crippen LogP contribution in [-0.2, 0) is 22.0 Å². The van der Waals surface area contributed by atoms with Crippen molar-refractivity contribution in [3.8, 4) is 6.07 Å². The molecule has 136 valence electrons. The van der Waals surface area contributed by atoms with Crippen molar-refractivity contribution in [2.45, 2.75) is 40.0 Å². The van der Waals surface area contributed by atoms with Crippen molar-refractivity contribution in [1.29, 1.82) is 5.26 Å². The summed E-state index contributed by atoms with van der Waals surface area (Å²) in [5.74, 6) is -0.405. The Bertz CT molecular complexity index is 910. The van der Waals surface area contributed by atoms with Gasteiger partial charge >= 0.3 is 5.97 Å². The summed E-state index contributed by atoms with van der Waals surface area (Å²) in [6.07, 6.45) is 0. The molecule has 0 spiro atoms. The minimum absolute atomic E-state index is 0.00296. The SMILES string of the molecule is CC(=O)OC(=C(C#N)c1ccc(C(C)(C)C)cc1)c1c(C)nn(C)c1Cl. The van der Waals surface area contributed by atoms with E-state index < -0.39 is 5.97 Å². The van der Waals surface area contributed by atoms with Gasteiger partial charge in [0.25, 0.3) is 0 Å². The van der Waals surface area contributed by atoms with Crippen LogP contribution in [0.2, 0.25) is 5.15 Å². The van der Waals surface area contributed by atoms with Crippen molar-refractivity contribution < 1.29 is 9.53 Å². The molecule has 0 bridgehead atoms. The van der Waals surface area contributed by atoms with E-state index in [1.165, 1.54) is 11.6 Å². The normalized spacial score (nSPS) is 12.4. The van der Waals surface area contributed by atoms with Crippen LogP contribution >= 0.6 is 11.6 Å². The van der Waals surface area contributed by atoms with Crippen LogP contribution < -0.4 is 0 Å². The maximum Gasteiger partial charge on any atom is 0.308 e. The molecule has 0 saturated carbocycles. The van der Waals surface area contributed by atoms with Crippen LogP contribution in [0.3, 0.4) is 0 Å². The van der Waals surface area contributed by atoms with Crippen molar-refractivity contribution in [3.05, 3.63) is 51.8 Å². The Hall–Kier alpha value is -2.58. The van der Waals surface area contributed by atoms with Crippen molar-refractivity contribution in [3.63, 3.8) is 0 Å². The van der Waals surface area contributed by atoms with Gasteiger partial charge in [-0.2, -0.15) is 10.4 Å². The van der Waals surface area contributed by atoms with Gasteiger partial charge in [0.1, 0.15) is 16.8 Å². The third-order valence-electron chi connectivity index (χ3n) is 4.00. The first-order valence-electron chi connectivity index (χ1n) is 8.19. The minimum atomic E-state index is -0.529. The number of hydrogen-bond donors (Lipinski definition) is 0. The zero-order chi connectivity index (χ0) is 19.6. The van der Waals surface area contributed by atoms with Crippen LogP contribution in [0, 0.1) is 18.3 Å². The van der Waals surface area contributed by atoms with Crippen LogP contribution in [-0.4, -0.2) is 15.7 Å². The molecule has 0 N–H and O–H groups in total. The zero-order valence-electron chi connectivity index (χ0n) is 15.8. The fraction of sp³-hybridized carbons (Fsp3) is 0.350. The van der Waals surface area contributed by atoms with Gasteiger partial charge in [0.15, 0.2) is 5.76 Å². The summed E-state index contributed by atoms with van der Waals surface area (Å²) in [4.78, 5) is 11.7. The molecule has 1 aromatic carbocycles. The second-order valence-electron chi connectivity index (χ2n) is 7.11. The molecule has 1 aromatic heterocycles. The third-order valence-corrected chi connectivity index (χ3v) is 4.44. The number of nitriles is 1. The van der Waals surface area contributed by atoms with Gasteiger partial charge < -0.3 is 4.74 Å². The molecule has 5 nitrogen and oxygen atoms in total. The highest BCUT2D eigenvalue weighted by atomic mass is 35.5. The molecule has 0 amide bonds. The first-order valence-corrected chi connectivity index (χ1v) is 8.57. The number of rotatable bonds is 3. The molecule has 1 heterocycles. The predicted octanol–water partition coefficient (Wildman–Crippen LogP) is 4.63. The van der Waals surface area contributed by atoms with Crippen LogP contribution in [0.15, 0.2) is 24.3 Å². The van der Waals surface area contributed by atoms with E-state index in [9.17, 15) is 10.1 Å². The summed E-state index contributed by atoms with van der Waals surface area (Å²) in [6, 6.07) is 9.79. The number of carbonyl (C=O) groups is 1. The van der Waals surface area contributed by atoms with E-state index in [1.54, 1.807) is 14.0 Å². The van der Waals surface area contributed by atoms with Crippen molar-refractivity contribution in [2.24, 2.45) is 7.05 Å². The lowest BCUT2D eigenvalue weighted by molar-refractivity contribution is -0.134. The summed E-state index contributed by atoms with van der Waals surface area (Å²) < 4.78 is 6.88. The van der Waals surface area contributed by atoms with Crippen LogP contribution in [0.25, 0.3) is 11.3 Å². The summed E-state index contributed by atoms with van der Waals surface area (Å²) in [5.41, 5.74) is 3.04. The Morgan fingerprint density at radius 3 is 2.23 bits per heavy atom. The standard InChI is InChI=1S/C20H22ClN3O2/c1-12-17(19(21)24(6)23-12)18(26-13(2)25)16(11-22)14-7-9-15(10-8-14)20(3,4)5/h7-10H,1-6H3. The number of aryl methyl sites for hydroxylation is 2. The van der Waals surface area contributed by atoms with E-state index in [4.69, 9.17) is 16.3 Å². The first kappa shape index (κ1) is 19.7. The largest absolute Gasteiger partial charge is 0.424 e. The van der Waals surface area contributed by atoms with E-state index in [-0.39, 0.29) is 16.7 Å². The maximum absolute atomic E-state index is 11.7. The predicted molar refractivity (Wildman–Crippen MR) is 102 cm³/mol. The molecule has 0 unspecified atom stereocenters. The van der Waals surface area contributed by atoms with Crippen molar-refractivity contribution >= 4 is 28.9 Å². The number of halogens is 1. The summed E-state index contributed by atoms with van der Waals surface area (Å²) in [7, 11) is 1.69. The number of carbonyl (C=O) groups excluding carboxylic acids is 1. The fourth-order valence-electron chi connectivity index (χ4n) is 2.64. The maximum atomic E-state index is 11.7. The van der Waals surface area contributed by atoms with E-state index in [1.807, 2.05) is 24.3 Å². The number of esters is 1. The lowest BCUT2D eigenvalue weighted by Gasteiger charge is -2.19. The van der Waals surface area contributed by atoms with Gasteiger partial charge in [0.05, 0.1) is 11.3 Å². The summed E-state index contributed by atoms with van der Waals surface area (Å²) in [5, 5.41) is 14.3. The molecule has 26 heavy (non-hydrogen) atoms. The second-order valence-corrected chi connectivity index (χ2v) is 7.47. The van der Waals surface area contributed by atoms with Gasteiger partial charge in [-0.25, -0.2) is 0 Å². The molecule has 2 aromatic rings. The number of allylic oxidation sites excluding steroid dienone is 1. The van der Waals surface area contributed by atoms with Gasteiger partial charge in [-0.05, 0) is 23.5 Å². The molecule has 0 saturated heterocycles. The highest BCUT2D eigenvalue weighted by molar-refractivity contribution is 6.31. The Morgan fingerprint density at radius 2 is 1.85 bits per heavy atom. The quantitative estimate of drug-likeness (QED) is 0.448. The molecule has 6 heteroatoms. The van der Waals surface area contributed by atoms with Gasteiger partial charge in [-0.3, -0.25) is 9.48 Å². The number of benzene rings is 1. The summed E-state index contributed by atoms with van der Waals surface area (Å²) in [6.45, 7) is 9.39. The van der Waals surface area contributed by atoms with E-state index >= 15 is 0 Å². The minimum Gasteiger partial charge on any atom is -0.424 e. The average molecular weight is 372 g/mol. The fourth-order valence-corrected chi connectivity index (χ4v) is 2.90. The highest BCUT2D eigenvalue weighted by Gasteiger charge is 2.24. The monoisotopic (exact) mass is 371 g/mol. The lowest BCUT2D eigenvalue weighted by Crippen LogP contribution is -2.10. The molecular formula is C20H22ClN3O2. The van der Waals surface area contributed by atoms with E-state index in [0.29, 0.717) is 22.0 Å². The summed E-state index contributed by atoms with van der Waals surface area (Å²) >= 11 is 6.33. The first-order chi connectivity index (χ1) is 12.1. The topological polar surface area (TPSA) is 67.9 Å². The highest BCUT2D eigenvalue weighted by Crippen LogP contribution is 2.34. The molecular weight excluding hydrogens is 350 g/mol. The van der Waals surface area contributed by atoms with Crippen LogP contribution in [0.4, 0.5) is 0 Å². The molecule has 0 atom stereocenters. The Kier molecular flexibility index (Phi) is 5.58. The Balaban J connectivity index is 2.70. The number of ether oxygens (including phenoxy) is 1.